The number of rotatable bonds is 4. The van der Waals surface area contributed by atoms with Crippen molar-refractivity contribution < 1.29 is 43.1 Å². The maximum absolute atomic E-state index is 5.75. The molecule has 0 saturated heterocycles. The zero-order valence-corrected chi connectivity index (χ0v) is 12.8. The topological polar surface area (TPSA) is 9.23 Å². The fourth-order valence-corrected chi connectivity index (χ4v) is 3.98. The summed E-state index contributed by atoms with van der Waals surface area (Å²) in [5, 5.41) is 0. The van der Waals surface area contributed by atoms with Gasteiger partial charge in [0, 0.05) is 39.0 Å². The molecule has 0 amide bonds. The molecule has 0 rings (SSSR count). The van der Waals surface area contributed by atoms with Crippen molar-refractivity contribution in [3.05, 3.63) is 0 Å². The summed E-state index contributed by atoms with van der Waals surface area (Å²) in [5.74, 6) is 0. The molecule has 0 saturated carbocycles. The van der Waals surface area contributed by atoms with Gasteiger partial charge in [-0.05, 0) is 25.2 Å². The zero-order chi connectivity index (χ0) is 7.28. The van der Waals surface area contributed by atoms with Crippen molar-refractivity contribution in [2.24, 2.45) is 0 Å². The van der Waals surface area contributed by atoms with Crippen molar-refractivity contribution in [3.63, 3.8) is 0 Å². The van der Waals surface area contributed by atoms with E-state index in [1.54, 1.807) is 0 Å². The van der Waals surface area contributed by atoms with Crippen LogP contribution in [-0.4, -0.2) is 18.1 Å². The summed E-state index contributed by atoms with van der Waals surface area (Å²) in [7, 11) is -0.790. The second-order valence-electron chi connectivity index (χ2n) is 2.21. The number of hydrogen-bond donors (Lipinski definition) is 0. The van der Waals surface area contributed by atoms with Crippen LogP contribution >= 0.6 is 0 Å². The van der Waals surface area contributed by atoms with Crippen LogP contribution in [0.2, 0.25) is 25.2 Å². The van der Waals surface area contributed by atoms with E-state index in [-0.39, 0.29) is 39.0 Å². The van der Waals surface area contributed by atoms with Gasteiger partial charge < -0.3 is 4.12 Å². The first-order valence-corrected chi connectivity index (χ1v) is 7.76. The van der Waals surface area contributed by atoms with Gasteiger partial charge in [0.2, 0.25) is 0 Å². The summed E-state index contributed by atoms with van der Waals surface area (Å²) < 4.78 is 5.75. The molecule has 72 valence electrons. The molecule has 0 aromatic carbocycles. The van der Waals surface area contributed by atoms with Gasteiger partial charge in [-0.3, -0.25) is 0 Å². The maximum atomic E-state index is 5.75. The summed E-state index contributed by atoms with van der Waals surface area (Å²) in [6.45, 7) is 8.90. The van der Waals surface area contributed by atoms with E-state index >= 15 is 0 Å². The van der Waals surface area contributed by atoms with Gasteiger partial charge in [0.1, 0.15) is 0 Å². The Bertz CT molecular complexity index is 67.6. The van der Waals surface area contributed by atoms with E-state index in [2.05, 4.69) is 26.9 Å². The van der Waals surface area contributed by atoms with Gasteiger partial charge in [0.05, 0.1) is 0 Å². The van der Waals surface area contributed by atoms with E-state index in [1.165, 1.54) is 12.1 Å². The van der Waals surface area contributed by atoms with Crippen molar-refractivity contribution in [2.75, 3.05) is 0 Å². The van der Waals surface area contributed by atoms with Crippen molar-refractivity contribution >= 4 is 18.1 Å². The van der Waals surface area contributed by atoms with Gasteiger partial charge in [-0.1, -0.05) is 13.8 Å². The first-order chi connectivity index (χ1) is 4.20. The van der Waals surface area contributed by atoms with E-state index in [9.17, 15) is 0 Å². The van der Waals surface area contributed by atoms with Crippen molar-refractivity contribution in [3.8, 4) is 0 Å². The fraction of sp³-hybridized carbons (Fsp3) is 1.00. The summed E-state index contributed by atoms with van der Waals surface area (Å²) in [4.78, 5) is 0. The van der Waals surface area contributed by atoms with Crippen molar-refractivity contribution in [1.82, 2.24) is 0 Å². The molecule has 0 aliphatic rings. The molecule has 5 heteroatoms. The summed E-state index contributed by atoms with van der Waals surface area (Å²) in [6.07, 6.45) is 0. The Morgan fingerprint density at radius 1 is 0.909 bits per heavy atom. The van der Waals surface area contributed by atoms with Crippen LogP contribution < -0.4 is 0 Å². The molecule has 0 unspecified atom stereocenters. The quantitative estimate of drug-likeness (QED) is 0.694. The Labute approximate surface area is 99.6 Å². The monoisotopic (exact) mass is 366 g/mol. The third-order valence-corrected chi connectivity index (χ3v) is 6.12. The normalized spacial score (nSPS) is 9.27. The molecule has 0 aliphatic heterocycles. The molecular weight excluding hydrogens is 350 g/mol. The Hall–Kier alpha value is 1.64. The van der Waals surface area contributed by atoms with E-state index in [1.807, 2.05) is 0 Å². The molecule has 0 heterocycles. The predicted octanol–water partition coefficient (Wildman–Crippen LogP) is 2.28. The molecular formula is C6H16ORh2Si2. The summed E-state index contributed by atoms with van der Waals surface area (Å²) >= 11 is 0. The number of hydrogen-bond acceptors (Lipinski definition) is 1. The van der Waals surface area contributed by atoms with Gasteiger partial charge in [0.15, 0.2) is 18.1 Å². The molecule has 0 aromatic heterocycles. The summed E-state index contributed by atoms with van der Waals surface area (Å²) in [5.41, 5.74) is 0. The van der Waals surface area contributed by atoms with E-state index in [0.717, 1.165) is 0 Å². The second kappa shape index (κ2) is 11.6. The van der Waals surface area contributed by atoms with Gasteiger partial charge >= 0.3 is 0 Å². The molecule has 0 atom stereocenters. The standard InChI is InChI=1S/C6H16OSi2.2Rh/c1-5-8(3)7-9(4)6-2;;/h5-6H2,1-4H3;;. The third kappa shape index (κ3) is 11.6. The van der Waals surface area contributed by atoms with E-state index in [0.29, 0.717) is 0 Å². The Morgan fingerprint density at radius 3 is 1.36 bits per heavy atom. The largest absolute Gasteiger partial charge is 0.456 e. The third-order valence-electron chi connectivity index (χ3n) is 1.34. The van der Waals surface area contributed by atoms with E-state index in [4.69, 9.17) is 4.12 Å². The zero-order valence-electron chi connectivity index (χ0n) is 7.49. The molecule has 0 aromatic rings. The second-order valence-corrected chi connectivity index (χ2v) is 7.25. The summed E-state index contributed by atoms with van der Waals surface area (Å²) in [6, 6.07) is 2.49. The maximum Gasteiger partial charge on any atom is 0.194 e. The minimum atomic E-state index is -0.395. The van der Waals surface area contributed by atoms with Gasteiger partial charge in [0.25, 0.3) is 0 Å². The van der Waals surface area contributed by atoms with Crippen molar-refractivity contribution in [1.29, 1.82) is 0 Å². The Kier molecular flexibility index (Phi) is 19.5. The van der Waals surface area contributed by atoms with Crippen LogP contribution in [0.1, 0.15) is 13.8 Å². The molecule has 0 fully saturated rings. The van der Waals surface area contributed by atoms with Crippen LogP contribution in [0.4, 0.5) is 0 Å². The van der Waals surface area contributed by atoms with Crippen LogP contribution in [0.5, 0.6) is 0 Å². The Morgan fingerprint density at radius 2 is 1.18 bits per heavy atom. The molecule has 4 radical (unpaired) electrons. The van der Waals surface area contributed by atoms with Crippen LogP contribution in [-0.2, 0) is 43.1 Å². The predicted molar refractivity (Wildman–Crippen MR) is 45.3 cm³/mol. The first-order valence-electron chi connectivity index (χ1n) is 3.53. The minimum Gasteiger partial charge on any atom is -0.456 e. The van der Waals surface area contributed by atoms with Crippen LogP contribution in [0, 0.1) is 0 Å². The molecule has 0 bridgehead atoms. The average molecular weight is 366 g/mol. The molecule has 0 N–H and O–H groups in total. The Balaban J connectivity index is -0.000000320. The van der Waals surface area contributed by atoms with Gasteiger partial charge in [-0.2, -0.15) is 0 Å². The molecule has 11 heavy (non-hydrogen) atoms. The first kappa shape index (κ1) is 18.4. The SMILES string of the molecule is CC[Si](C)O[Si](C)CC.[Rh].[Rh]. The van der Waals surface area contributed by atoms with Gasteiger partial charge in [-0.25, -0.2) is 0 Å². The van der Waals surface area contributed by atoms with Crippen molar-refractivity contribution in [2.45, 2.75) is 39.0 Å². The molecule has 0 aliphatic carbocycles. The smallest absolute Gasteiger partial charge is 0.194 e. The van der Waals surface area contributed by atoms with Crippen LogP contribution in [0.15, 0.2) is 0 Å². The fourth-order valence-electron chi connectivity index (χ4n) is 0.442. The van der Waals surface area contributed by atoms with Crippen LogP contribution in [0.3, 0.4) is 0 Å². The average Bonchev–Trinajstić information content (AvgIpc) is 1.87. The van der Waals surface area contributed by atoms with Crippen LogP contribution in [0.25, 0.3) is 0 Å². The minimum absolute atomic E-state index is 0. The van der Waals surface area contributed by atoms with Gasteiger partial charge in [-0.15, -0.1) is 0 Å². The molecule has 1 nitrogen and oxygen atoms in total. The van der Waals surface area contributed by atoms with E-state index < -0.39 is 18.1 Å². The molecule has 0 spiro atoms.